The zero-order valence-electron chi connectivity index (χ0n) is 18.6. The number of halogens is 1. The second-order valence-electron chi connectivity index (χ2n) is 8.13. The molecule has 2 aromatic rings. The summed E-state index contributed by atoms with van der Waals surface area (Å²) in [6.07, 6.45) is 1.09. The number of amides is 2. The van der Waals surface area contributed by atoms with E-state index >= 15 is 0 Å². The fourth-order valence-electron chi connectivity index (χ4n) is 3.86. The van der Waals surface area contributed by atoms with Gasteiger partial charge in [0.25, 0.3) is 5.91 Å². The third-order valence-electron chi connectivity index (χ3n) is 5.59. The average Bonchev–Trinajstić information content (AvgIpc) is 3.23. The standard InChI is InChI=1S/C24H28ClN3O5/c1-16-4-5-20-18(11-16)24(30)27-6-9-28(8-2-3-23(29)26-7-10-31-20)14-17-12-21-22(13-19(17)25)33-15-32-21/h4-5,11-13H,2-3,6-10,14-15H2,1H3,(H,26,29)(H,27,30). The molecule has 0 spiro atoms. The smallest absolute Gasteiger partial charge is 0.255 e. The highest BCUT2D eigenvalue weighted by Crippen LogP contribution is 2.37. The van der Waals surface area contributed by atoms with Gasteiger partial charge < -0.3 is 24.8 Å². The van der Waals surface area contributed by atoms with Crippen molar-refractivity contribution >= 4 is 23.4 Å². The maximum Gasteiger partial charge on any atom is 0.255 e. The lowest BCUT2D eigenvalue weighted by Crippen LogP contribution is -2.35. The predicted octanol–water partition coefficient (Wildman–Crippen LogP) is 2.90. The van der Waals surface area contributed by atoms with Gasteiger partial charge in [-0.3, -0.25) is 14.5 Å². The van der Waals surface area contributed by atoms with E-state index in [4.69, 9.17) is 25.8 Å². The number of fused-ring (bicyclic) bond motifs is 2. The van der Waals surface area contributed by atoms with Gasteiger partial charge in [-0.1, -0.05) is 23.2 Å². The molecule has 2 aliphatic rings. The molecule has 2 aliphatic heterocycles. The van der Waals surface area contributed by atoms with Crippen LogP contribution in [0.2, 0.25) is 5.02 Å². The van der Waals surface area contributed by atoms with Crippen LogP contribution >= 0.6 is 11.6 Å². The van der Waals surface area contributed by atoms with Gasteiger partial charge in [0, 0.05) is 37.1 Å². The summed E-state index contributed by atoms with van der Waals surface area (Å²) in [4.78, 5) is 27.2. The van der Waals surface area contributed by atoms with Crippen LogP contribution in [0.1, 0.15) is 34.3 Å². The summed E-state index contributed by atoms with van der Waals surface area (Å²) in [6.45, 7) is 5.08. The molecule has 9 heteroatoms. The molecule has 0 aliphatic carbocycles. The Hall–Kier alpha value is -2.97. The molecule has 33 heavy (non-hydrogen) atoms. The van der Waals surface area contributed by atoms with Crippen LogP contribution in [-0.4, -0.2) is 56.3 Å². The van der Waals surface area contributed by atoms with E-state index in [1.807, 2.05) is 25.1 Å². The maximum absolute atomic E-state index is 12.9. The van der Waals surface area contributed by atoms with E-state index in [-0.39, 0.29) is 18.6 Å². The number of nitrogens with one attached hydrogen (secondary N) is 2. The molecule has 0 atom stereocenters. The minimum absolute atomic E-state index is 0.0205. The highest BCUT2D eigenvalue weighted by Gasteiger charge is 2.19. The lowest BCUT2D eigenvalue weighted by molar-refractivity contribution is -0.121. The quantitative estimate of drug-likeness (QED) is 0.697. The average molecular weight is 474 g/mol. The van der Waals surface area contributed by atoms with Crippen LogP contribution in [0.25, 0.3) is 0 Å². The Labute approximate surface area is 198 Å². The van der Waals surface area contributed by atoms with E-state index in [9.17, 15) is 9.59 Å². The number of hydrogen-bond donors (Lipinski definition) is 2. The Balaban J connectivity index is 1.48. The van der Waals surface area contributed by atoms with Crippen LogP contribution in [0.3, 0.4) is 0 Å². The number of ether oxygens (including phenoxy) is 3. The molecular weight excluding hydrogens is 446 g/mol. The SMILES string of the molecule is Cc1ccc2c(c1)C(=O)NCCN(Cc1cc3c(cc1Cl)OCO3)CCCC(=O)NCCO2. The van der Waals surface area contributed by atoms with E-state index in [0.29, 0.717) is 80.0 Å². The highest BCUT2D eigenvalue weighted by molar-refractivity contribution is 6.31. The fourth-order valence-corrected chi connectivity index (χ4v) is 4.08. The number of hydrogen-bond acceptors (Lipinski definition) is 6. The molecule has 4 rings (SSSR count). The first kappa shape index (κ1) is 23.2. The van der Waals surface area contributed by atoms with Crippen molar-refractivity contribution in [3.63, 3.8) is 0 Å². The molecule has 2 amide bonds. The van der Waals surface area contributed by atoms with E-state index in [2.05, 4.69) is 15.5 Å². The Bertz CT molecular complexity index is 1030. The van der Waals surface area contributed by atoms with E-state index in [0.717, 1.165) is 11.1 Å². The highest BCUT2D eigenvalue weighted by atomic mass is 35.5. The first-order valence-corrected chi connectivity index (χ1v) is 11.5. The van der Waals surface area contributed by atoms with Crippen LogP contribution in [0.4, 0.5) is 0 Å². The van der Waals surface area contributed by atoms with Crippen LogP contribution < -0.4 is 24.8 Å². The first-order chi connectivity index (χ1) is 16.0. The van der Waals surface area contributed by atoms with Crippen molar-refractivity contribution in [3.8, 4) is 17.2 Å². The second kappa shape index (κ2) is 10.8. The number of rotatable bonds is 2. The minimum Gasteiger partial charge on any atom is -0.491 e. The van der Waals surface area contributed by atoms with Gasteiger partial charge in [0.2, 0.25) is 12.7 Å². The topological polar surface area (TPSA) is 89.1 Å². The minimum atomic E-state index is -0.186. The molecule has 0 fully saturated rings. The molecule has 0 bridgehead atoms. The Morgan fingerprint density at radius 3 is 2.64 bits per heavy atom. The zero-order chi connectivity index (χ0) is 23.2. The monoisotopic (exact) mass is 473 g/mol. The molecular formula is C24H28ClN3O5. The van der Waals surface area contributed by atoms with Crippen LogP contribution in [-0.2, 0) is 11.3 Å². The molecule has 2 heterocycles. The van der Waals surface area contributed by atoms with Gasteiger partial charge in [-0.25, -0.2) is 0 Å². The largest absolute Gasteiger partial charge is 0.491 e. The summed E-state index contributed by atoms with van der Waals surface area (Å²) < 4.78 is 16.6. The van der Waals surface area contributed by atoms with Crippen LogP contribution in [0.5, 0.6) is 17.2 Å². The number of benzene rings is 2. The van der Waals surface area contributed by atoms with E-state index in [1.165, 1.54) is 0 Å². The third kappa shape index (κ3) is 6.09. The van der Waals surface area contributed by atoms with Crippen molar-refractivity contribution in [2.75, 3.05) is 39.6 Å². The molecule has 0 saturated heterocycles. The molecule has 0 aromatic heterocycles. The van der Waals surface area contributed by atoms with Gasteiger partial charge >= 0.3 is 0 Å². The Morgan fingerprint density at radius 1 is 0.970 bits per heavy atom. The van der Waals surface area contributed by atoms with Gasteiger partial charge in [0.15, 0.2) is 11.5 Å². The van der Waals surface area contributed by atoms with Crippen LogP contribution in [0, 0.1) is 6.92 Å². The summed E-state index contributed by atoms with van der Waals surface area (Å²) in [5.74, 6) is 1.61. The third-order valence-corrected chi connectivity index (χ3v) is 5.94. The number of aryl methyl sites for hydroxylation is 1. The molecule has 176 valence electrons. The predicted molar refractivity (Wildman–Crippen MR) is 124 cm³/mol. The Morgan fingerprint density at radius 2 is 1.79 bits per heavy atom. The van der Waals surface area contributed by atoms with Crippen molar-refractivity contribution in [2.24, 2.45) is 0 Å². The van der Waals surface area contributed by atoms with Crippen molar-refractivity contribution in [3.05, 3.63) is 52.0 Å². The Kier molecular flexibility index (Phi) is 7.57. The van der Waals surface area contributed by atoms with E-state index < -0.39 is 0 Å². The fraction of sp³-hybridized carbons (Fsp3) is 0.417. The molecule has 0 radical (unpaired) electrons. The second-order valence-corrected chi connectivity index (χ2v) is 8.54. The lowest BCUT2D eigenvalue weighted by Gasteiger charge is -2.23. The molecule has 0 unspecified atom stereocenters. The van der Waals surface area contributed by atoms with Crippen molar-refractivity contribution in [1.29, 1.82) is 0 Å². The summed E-state index contributed by atoms with van der Waals surface area (Å²) in [7, 11) is 0. The van der Waals surface area contributed by atoms with Crippen LogP contribution in [0.15, 0.2) is 30.3 Å². The molecule has 8 nitrogen and oxygen atoms in total. The van der Waals surface area contributed by atoms with Crippen molar-refractivity contribution in [1.82, 2.24) is 15.5 Å². The first-order valence-electron chi connectivity index (χ1n) is 11.1. The van der Waals surface area contributed by atoms with Gasteiger partial charge in [-0.05, 0) is 43.7 Å². The lowest BCUT2D eigenvalue weighted by atomic mass is 10.1. The summed E-state index contributed by atoms with van der Waals surface area (Å²) in [6, 6.07) is 9.16. The zero-order valence-corrected chi connectivity index (χ0v) is 19.4. The maximum atomic E-state index is 12.9. The molecule has 0 saturated carbocycles. The number of carbonyl (C=O) groups is 2. The van der Waals surface area contributed by atoms with Gasteiger partial charge in [-0.2, -0.15) is 0 Å². The normalized spacial score (nSPS) is 17.8. The molecule has 2 aromatic carbocycles. The molecule has 2 N–H and O–H groups in total. The van der Waals surface area contributed by atoms with Crippen molar-refractivity contribution in [2.45, 2.75) is 26.3 Å². The van der Waals surface area contributed by atoms with Gasteiger partial charge in [0.05, 0.1) is 12.1 Å². The summed E-state index contributed by atoms with van der Waals surface area (Å²) >= 11 is 6.47. The van der Waals surface area contributed by atoms with Gasteiger partial charge in [0.1, 0.15) is 12.4 Å². The van der Waals surface area contributed by atoms with Gasteiger partial charge in [-0.15, -0.1) is 0 Å². The number of nitrogens with zero attached hydrogens (tertiary/aromatic N) is 1. The van der Waals surface area contributed by atoms with E-state index in [1.54, 1.807) is 12.1 Å². The van der Waals surface area contributed by atoms with Crippen molar-refractivity contribution < 1.29 is 23.8 Å². The summed E-state index contributed by atoms with van der Waals surface area (Å²) in [5.41, 5.74) is 2.36. The summed E-state index contributed by atoms with van der Waals surface area (Å²) in [5, 5.41) is 6.46. The number of carbonyl (C=O) groups excluding carboxylic acids is 2.